The molecule has 0 aliphatic carbocycles. The molecule has 41 heavy (non-hydrogen) atoms. The number of Topliss-reactive ketones (excluding diaryl/α,β-unsaturated/α-hetero) is 1. The summed E-state index contributed by atoms with van der Waals surface area (Å²) in [6, 6.07) is 10.7. The van der Waals surface area contributed by atoms with Crippen LogP contribution in [0.15, 0.2) is 53.7 Å². The number of para-hydroxylation sites is 1. The van der Waals surface area contributed by atoms with E-state index in [1.54, 1.807) is 12.3 Å². The Morgan fingerprint density at radius 2 is 1.80 bits per heavy atom. The van der Waals surface area contributed by atoms with Gasteiger partial charge in [-0.1, -0.05) is 30.3 Å². The predicted molar refractivity (Wildman–Crippen MR) is 158 cm³/mol. The average molecular weight is 578 g/mol. The van der Waals surface area contributed by atoms with Gasteiger partial charge < -0.3 is 10.3 Å². The Morgan fingerprint density at radius 1 is 1.12 bits per heavy atom. The highest BCUT2D eigenvalue weighted by atomic mass is 32.2. The standard InChI is InChI=1S/C31H36FN5O3S/c1-18-14-33-28(13-22-8-7-11-27(29(22)32)41(5,39)40)36-30(18)25-15-34-31-23(9-6-10-24(25)31)12-26(38)21(4)37-16-19(2)35-20(3)17-37/h6-11,14-15,19-21,34-35H,12-13,16-17H2,1-5H3/t19-,20-,21-/m0/s1. The zero-order chi connectivity index (χ0) is 29.5. The molecule has 1 fully saturated rings. The van der Waals surface area contributed by atoms with E-state index in [0.717, 1.165) is 46.9 Å². The quantitative estimate of drug-likeness (QED) is 0.322. The van der Waals surface area contributed by atoms with Gasteiger partial charge in [0.05, 0.1) is 11.7 Å². The molecule has 4 aromatic rings. The number of hydrogen-bond acceptors (Lipinski definition) is 7. The second-order valence-electron chi connectivity index (χ2n) is 11.3. The van der Waals surface area contributed by atoms with Gasteiger partial charge in [-0.05, 0) is 50.5 Å². The number of sulfone groups is 1. The Balaban J connectivity index is 1.42. The SMILES string of the molecule is Cc1cnc(Cc2cccc(S(C)(=O)=O)c2F)nc1-c1c[nH]c2c(CC(=O)[C@H](C)N3C[C@H](C)N[C@@H](C)C3)cccc12. The van der Waals surface area contributed by atoms with Crippen molar-refractivity contribution in [1.29, 1.82) is 0 Å². The fourth-order valence-electron chi connectivity index (χ4n) is 5.77. The van der Waals surface area contributed by atoms with Crippen molar-refractivity contribution in [3.05, 3.63) is 77.1 Å². The van der Waals surface area contributed by atoms with Gasteiger partial charge in [-0.15, -0.1) is 0 Å². The molecule has 2 aromatic heterocycles. The van der Waals surface area contributed by atoms with Crippen LogP contribution in [0.25, 0.3) is 22.2 Å². The first kappa shape index (κ1) is 29.0. The number of aromatic amines is 1. The number of hydrogen-bond donors (Lipinski definition) is 2. The number of halogens is 1. The van der Waals surface area contributed by atoms with Crippen LogP contribution in [-0.2, 0) is 27.5 Å². The number of fused-ring (bicyclic) bond motifs is 1. The number of benzene rings is 2. The number of aromatic nitrogens is 3. The minimum Gasteiger partial charge on any atom is -0.360 e. The summed E-state index contributed by atoms with van der Waals surface area (Å²) in [5.41, 5.74) is 4.42. The molecule has 0 radical (unpaired) electrons. The second-order valence-corrected chi connectivity index (χ2v) is 13.3. The lowest BCUT2D eigenvalue weighted by Crippen LogP contribution is -2.58. The lowest BCUT2D eigenvalue weighted by atomic mass is 9.98. The number of piperazine rings is 1. The number of nitrogens with one attached hydrogen (secondary N) is 2. The summed E-state index contributed by atoms with van der Waals surface area (Å²) in [5.74, 6) is -0.223. The second kappa shape index (κ2) is 11.4. The van der Waals surface area contributed by atoms with Gasteiger partial charge in [0, 0.05) is 73.1 Å². The Labute approximate surface area is 240 Å². The highest BCUT2D eigenvalue weighted by Crippen LogP contribution is 2.32. The van der Waals surface area contributed by atoms with Crippen LogP contribution < -0.4 is 5.32 Å². The molecule has 2 N–H and O–H groups in total. The molecule has 0 bridgehead atoms. The first-order valence-corrected chi connectivity index (χ1v) is 15.7. The largest absolute Gasteiger partial charge is 0.360 e. The number of aryl methyl sites for hydroxylation is 1. The van der Waals surface area contributed by atoms with Crippen molar-refractivity contribution in [3.8, 4) is 11.3 Å². The van der Waals surface area contributed by atoms with Crippen molar-refractivity contribution in [2.24, 2.45) is 0 Å². The molecule has 0 saturated carbocycles. The van der Waals surface area contributed by atoms with Crippen LogP contribution >= 0.6 is 0 Å². The number of ketones is 1. The molecule has 2 aromatic carbocycles. The van der Waals surface area contributed by atoms with Crippen molar-refractivity contribution >= 4 is 26.5 Å². The van der Waals surface area contributed by atoms with Gasteiger partial charge in [-0.3, -0.25) is 9.69 Å². The molecular weight excluding hydrogens is 541 g/mol. The maximum Gasteiger partial charge on any atom is 0.178 e. The zero-order valence-corrected chi connectivity index (χ0v) is 24.8. The number of nitrogens with zero attached hydrogens (tertiary/aromatic N) is 3. The molecule has 1 aliphatic heterocycles. The summed E-state index contributed by atoms with van der Waals surface area (Å²) in [4.78, 5) is 27.8. The Morgan fingerprint density at radius 3 is 2.51 bits per heavy atom. The van der Waals surface area contributed by atoms with E-state index in [4.69, 9.17) is 4.98 Å². The van der Waals surface area contributed by atoms with Gasteiger partial charge in [0.1, 0.15) is 16.5 Å². The summed E-state index contributed by atoms with van der Waals surface area (Å²) in [7, 11) is -3.70. The highest BCUT2D eigenvalue weighted by molar-refractivity contribution is 7.90. The average Bonchev–Trinajstić information content (AvgIpc) is 3.34. The van der Waals surface area contributed by atoms with Gasteiger partial charge in [0.15, 0.2) is 15.6 Å². The fourth-order valence-corrected chi connectivity index (χ4v) is 6.55. The van der Waals surface area contributed by atoms with Crippen LogP contribution in [0.1, 0.15) is 43.3 Å². The summed E-state index contributed by atoms with van der Waals surface area (Å²) >= 11 is 0. The molecule has 5 rings (SSSR count). The van der Waals surface area contributed by atoms with E-state index in [2.05, 4.69) is 34.0 Å². The molecule has 0 spiro atoms. The molecule has 8 nitrogen and oxygen atoms in total. The van der Waals surface area contributed by atoms with Gasteiger partial charge in [-0.25, -0.2) is 22.8 Å². The molecule has 216 valence electrons. The topological polar surface area (TPSA) is 108 Å². The number of carbonyl (C=O) groups excluding carboxylic acids is 1. The first-order chi connectivity index (χ1) is 19.4. The predicted octanol–water partition coefficient (Wildman–Crippen LogP) is 4.25. The van der Waals surface area contributed by atoms with Gasteiger partial charge in [-0.2, -0.15) is 0 Å². The normalized spacial score (nSPS) is 19.0. The smallest absolute Gasteiger partial charge is 0.178 e. The maximum atomic E-state index is 15.0. The third-order valence-electron chi connectivity index (χ3n) is 7.83. The lowest BCUT2D eigenvalue weighted by Gasteiger charge is -2.39. The van der Waals surface area contributed by atoms with E-state index in [9.17, 15) is 13.2 Å². The Kier molecular flexibility index (Phi) is 8.09. The van der Waals surface area contributed by atoms with Crippen molar-refractivity contribution in [1.82, 2.24) is 25.2 Å². The minimum absolute atomic E-state index is 0.0473. The van der Waals surface area contributed by atoms with Crippen molar-refractivity contribution in [2.75, 3.05) is 19.3 Å². The van der Waals surface area contributed by atoms with Crippen molar-refractivity contribution < 1.29 is 17.6 Å². The van der Waals surface area contributed by atoms with E-state index in [0.29, 0.717) is 30.0 Å². The van der Waals surface area contributed by atoms with Gasteiger partial charge in [0.2, 0.25) is 0 Å². The number of carbonyl (C=O) groups is 1. The number of H-pyrrole nitrogens is 1. The molecule has 3 heterocycles. The van der Waals surface area contributed by atoms with Crippen LogP contribution in [0.4, 0.5) is 4.39 Å². The fraction of sp³-hybridized carbons (Fsp3) is 0.387. The Hall–Kier alpha value is -3.47. The third-order valence-corrected chi connectivity index (χ3v) is 8.95. The summed E-state index contributed by atoms with van der Waals surface area (Å²) in [6.07, 6.45) is 4.92. The monoisotopic (exact) mass is 577 g/mol. The third kappa shape index (κ3) is 6.10. The molecule has 1 aliphatic rings. The van der Waals surface area contributed by atoms with Gasteiger partial charge in [0.25, 0.3) is 0 Å². The van der Waals surface area contributed by atoms with Crippen LogP contribution in [0.5, 0.6) is 0 Å². The summed E-state index contributed by atoms with van der Waals surface area (Å²) in [5, 5.41) is 4.45. The molecule has 1 saturated heterocycles. The number of rotatable bonds is 8. The van der Waals surface area contributed by atoms with E-state index in [1.165, 1.54) is 12.1 Å². The highest BCUT2D eigenvalue weighted by Gasteiger charge is 2.28. The summed E-state index contributed by atoms with van der Waals surface area (Å²) in [6.45, 7) is 9.87. The Bertz CT molecular complexity index is 1710. The zero-order valence-electron chi connectivity index (χ0n) is 24.0. The molecule has 10 heteroatoms. The summed E-state index contributed by atoms with van der Waals surface area (Å²) < 4.78 is 39.0. The van der Waals surface area contributed by atoms with Crippen LogP contribution in [0, 0.1) is 12.7 Å². The van der Waals surface area contributed by atoms with E-state index in [1.807, 2.05) is 38.2 Å². The molecule has 3 atom stereocenters. The van der Waals surface area contributed by atoms with E-state index >= 15 is 4.39 Å². The van der Waals surface area contributed by atoms with E-state index < -0.39 is 15.7 Å². The van der Waals surface area contributed by atoms with Crippen molar-refractivity contribution in [2.45, 2.75) is 63.6 Å². The minimum atomic E-state index is -3.70. The van der Waals surface area contributed by atoms with Gasteiger partial charge >= 0.3 is 0 Å². The first-order valence-electron chi connectivity index (χ1n) is 13.8. The van der Waals surface area contributed by atoms with Crippen LogP contribution in [0.3, 0.4) is 0 Å². The lowest BCUT2D eigenvalue weighted by molar-refractivity contribution is -0.123. The molecular formula is C31H36FN5O3S. The molecule has 0 amide bonds. The van der Waals surface area contributed by atoms with Crippen LogP contribution in [0.2, 0.25) is 0 Å². The molecule has 0 unspecified atom stereocenters. The van der Waals surface area contributed by atoms with Crippen molar-refractivity contribution in [3.63, 3.8) is 0 Å². The van der Waals surface area contributed by atoms with Crippen LogP contribution in [-0.4, -0.2) is 71.5 Å². The maximum absolute atomic E-state index is 15.0. The van der Waals surface area contributed by atoms with E-state index in [-0.39, 0.29) is 28.7 Å².